The van der Waals surface area contributed by atoms with E-state index in [1.54, 1.807) is 14.2 Å². The van der Waals surface area contributed by atoms with Gasteiger partial charge in [0.1, 0.15) is 0 Å². The van der Waals surface area contributed by atoms with Crippen LogP contribution in [0.3, 0.4) is 0 Å². The van der Waals surface area contributed by atoms with Crippen LogP contribution < -0.4 is 20.1 Å². The van der Waals surface area contributed by atoms with E-state index >= 15 is 0 Å². The molecule has 0 bridgehead atoms. The van der Waals surface area contributed by atoms with Crippen LogP contribution in [-0.4, -0.2) is 57.1 Å². The van der Waals surface area contributed by atoms with Crippen molar-refractivity contribution in [2.75, 3.05) is 45.7 Å². The van der Waals surface area contributed by atoms with Gasteiger partial charge >= 0.3 is 0 Å². The predicted molar refractivity (Wildman–Crippen MR) is 130 cm³/mol. The molecule has 0 aliphatic carbocycles. The molecule has 0 unspecified atom stereocenters. The Morgan fingerprint density at radius 1 is 1.00 bits per heavy atom. The van der Waals surface area contributed by atoms with Crippen LogP contribution in [0.1, 0.15) is 29.5 Å². The monoisotopic (exact) mass is 453 g/mol. The molecule has 2 amide bonds. The van der Waals surface area contributed by atoms with Gasteiger partial charge in [-0.2, -0.15) is 0 Å². The van der Waals surface area contributed by atoms with Gasteiger partial charge in [0, 0.05) is 18.2 Å². The van der Waals surface area contributed by atoms with Crippen molar-refractivity contribution in [2.45, 2.75) is 33.1 Å². The van der Waals surface area contributed by atoms with E-state index < -0.39 is 0 Å². The Morgan fingerprint density at radius 3 is 2.39 bits per heavy atom. The molecule has 0 spiro atoms. The fourth-order valence-electron chi connectivity index (χ4n) is 4.21. The molecule has 178 valence electrons. The summed E-state index contributed by atoms with van der Waals surface area (Å²) in [6.07, 6.45) is 2.25. The van der Waals surface area contributed by atoms with Crippen LogP contribution >= 0.6 is 0 Å². The molecule has 0 saturated carbocycles. The summed E-state index contributed by atoms with van der Waals surface area (Å²) >= 11 is 0. The smallest absolute Gasteiger partial charge is 0.238 e. The summed E-state index contributed by atoms with van der Waals surface area (Å²) < 4.78 is 10.6. The van der Waals surface area contributed by atoms with Crippen molar-refractivity contribution < 1.29 is 19.1 Å². The van der Waals surface area contributed by atoms with Crippen LogP contribution in [-0.2, 0) is 16.0 Å². The highest BCUT2D eigenvalue weighted by atomic mass is 16.5. The van der Waals surface area contributed by atoms with E-state index in [9.17, 15) is 9.59 Å². The van der Waals surface area contributed by atoms with Crippen molar-refractivity contribution in [3.8, 4) is 11.5 Å². The third-order valence-electron chi connectivity index (χ3n) is 6.14. The molecule has 3 rings (SSSR count). The number of nitrogens with one attached hydrogen (secondary N) is 2. The molecular weight excluding hydrogens is 418 g/mol. The van der Waals surface area contributed by atoms with Crippen molar-refractivity contribution in [2.24, 2.45) is 5.92 Å². The molecule has 7 heteroatoms. The zero-order chi connectivity index (χ0) is 23.8. The molecule has 1 fully saturated rings. The third-order valence-corrected chi connectivity index (χ3v) is 6.14. The molecule has 0 atom stereocenters. The van der Waals surface area contributed by atoms with Crippen molar-refractivity contribution in [3.05, 3.63) is 53.1 Å². The summed E-state index contributed by atoms with van der Waals surface area (Å²) in [6, 6.07) is 11.8. The minimum absolute atomic E-state index is 0.00550. The van der Waals surface area contributed by atoms with Gasteiger partial charge < -0.3 is 20.1 Å². The lowest BCUT2D eigenvalue weighted by molar-refractivity contribution is -0.126. The summed E-state index contributed by atoms with van der Waals surface area (Å²) in [6.45, 7) is 6.45. The molecule has 7 nitrogen and oxygen atoms in total. The van der Waals surface area contributed by atoms with Crippen LogP contribution in [0.5, 0.6) is 11.5 Å². The van der Waals surface area contributed by atoms with Crippen LogP contribution in [0.25, 0.3) is 0 Å². The largest absolute Gasteiger partial charge is 0.493 e. The Morgan fingerprint density at radius 2 is 1.73 bits per heavy atom. The second kappa shape index (κ2) is 11.7. The second-order valence-corrected chi connectivity index (χ2v) is 8.65. The number of rotatable bonds is 9. The van der Waals surface area contributed by atoms with Gasteiger partial charge in [-0.15, -0.1) is 0 Å². The average molecular weight is 454 g/mol. The highest BCUT2D eigenvalue weighted by Gasteiger charge is 2.25. The number of benzene rings is 2. The first kappa shape index (κ1) is 24.6. The molecule has 0 radical (unpaired) electrons. The molecular formula is C26H35N3O4. The lowest BCUT2D eigenvalue weighted by Gasteiger charge is -2.30. The van der Waals surface area contributed by atoms with E-state index in [2.05, 4.69) is 21.6 Å². The number of hydrogen-bond donors (Lipinski definition) is 2. The molecule has 33 heavy (non-hydrogen) atoms. The molecule has 2 aromatic rings. The summed E-state index contributed by atoms with van der Waals surface area (Å²) in [5.74, 6) is 1.46. The second-order valence-electron chi connectivity index (χ2n) is 8.65. The van der Waals surface area contributed by atoms with Gasteiger partial charge in [0.25, 0.3) is 0 Å². The molecule has 1 aliphatic rings. The van der Waals surface area contributed by atoms with Gasteiger partial charge in [0.2, 0.25) is 11.8 Å². The maximum atomic E-state index is 12.6. The first-order valence-electron chi connectivity index (χ1n) is 11.5. The Hall–Kier alpha value is -3.06. The van der Waals surface area contributed by atoms with Crippen molar-refractivity contribution in [1.82, 2.24) is 10.2 Å². The minimum Gasteiger partial charge on any atom is -0.493 e. The standard InChI is InChI=1S/C26H35N3O4/c1-18-5-7-22(19(2)15-18)28-25(30)17-29-13-10-21(11-14-29)26(31)27-12-9-20-6-8-23(32-3)24(16-20)33-4/h5-8,15-16,21H,9-14,17H2,1-4H3,(H,27,31)(H,28,30). The zero-order valence-electron chi connectivity index (χ0n) is 20.1. The van der Waals surface area contributed by atoms with E-state index in [1.807, 2.05) is 44.2 Å². The molecule has 1 aliphatic heterocycles. The number of hydrogen-bond acceptors (Lipinski definition) is 5. The van der Waals surface area contributed by atoms with E-state index in [-0.39, 0.29) is 17.7 Å². The highest BCUT2D eigenvalue weighted by molar-refractivity contribution is 5.93. The van der Waals surface area contributed by atoms with E-state index in [0.29, 0.717) is 24.6 Å². The average Bonchev–Trinajstić information content (AvgIpc) is 2.81. The first-order chi connectivity index (χ1) is 15.9. The number of nitrogens with zero attached hydrogens (tertiary/aromatic N) is 1. The summed E-state index contributed by atoms with van der Waals surface area (Å²) in [5.41, 5.74) is 4.17. The Labute approximate surface area is 196 Å². The van der Waals surface area contributed by atoms with Gasteiger partial charge in [0.15, 0.2) is 11.5 Å². The molecule has 1 heterocycles. The topological polar surface area (TPSA) is 79.9 Å². The number of aryl methyl sites for hydroxylation is 2. The van der Waals surface area contributed by atoms with E-state index in [0.717, 1.165) is 49.2 Å². The predicted octanol–water partition coefficient (Wildman–Crippen LogP) is 3.33. The van der Waals surface area contributed by atoms with E-state index in [4.69, 9.17) is 9.47 Å². The maximum Gasteiger partial charge on any atom is 0.238 e. The molecule has 0 aromatic heterocycles. The van der Waals surface area contributed by atoms with Crippen LogP contribution in [0.2, 0.25) is 0 Å². The van der Waals surface area contributed by atoms with Crippen molar-refractivity contribution >= 4 is 17.5 Å². The van der Waals surface area contributed by atoms with Crippen LogP contribution in [0.4, 0.5) is 5.69 Å². The number of methoxy groups -OCH3 is 2. The fourth-order valence-corrected chi connectivity index (χ4v) is 4.21. The number of carbonyl (C=O) groups is 2. The number of anilines is 1. The summed E-state index contributed by atoms with van der Waals surface area (Å²) in [4.78, 5) is 27.2. The normalized spacial score (nSPS) is 14.5. The van der Waals surface area contributed by atoms with Gasteiger partial charge in [-0.25, -0.2) is 0 Å². The van der Waals surface area contributed by atoms with Crippen molar-refractivity contribution in [3.63, 3.8) is 0 Å². The third kappa shape index (κ3) is 6.96. The van der Waals surface area contributed by atoms with E-state index in [1.165, 1.54) is 5.56 Å². The number of likely N-dealkylation sites (tertiary alicyclic amines) is 1. The van der Waals surface area contributed by atoms with Crippen molar-refractivity contribution in [1.29, 1.82) is 0 Å². The molecule has 2 aromatic carbocycles. The number of piperidine rings is 1. The van der Waals surface area contributed by atoms with Gasteiger partial charge in [-0.1, -0.05) is 23.8 Å². The number of ether oxygens (including phenoxy) is 2. The lowest BCUT2D eigenvalue weighted by atomic mass is 9.96. The number of carbonyl (C=O) groups excluding carboxylic acids is 2. The highest BCUT2D eigenvalue weighted by Crippen LogP contribution is 2.27. The fraction of sp³-hybridized carbons (Fsp3) is 0.462. The van der Waals surface area contributed by atoms with Crippen LogP contribution in [0, 0.1) is 19.8 Å². The quantitative estimate of drug-likeness (QED) is 0.609. The summed E-state index contributed by atoms with van der Waals surface area (Å²) in [7, 11) is 3.23. The Bertz CT molecular complexity index is 968. The van der Waals surface area contributed by atoms with Gasteiger partial charge in [-0.3, -0.25) is 14.5 Å². The molecule has 1 saturated heterocycles. The lowest BCUT2D eigenvalue weighted by Crippen LogP contribution is -2.43. The van der Waals surface area contributed by atoms with Gasteiger partial charge in [-0.05, 0) is 75.5 Å². The summed E-state index contributed by atoms with van der Waals surface area (Å²) in [5, 5.41) is 6.06. The number of amides is 2. The maximum absolute atomic E-state index is 12.6. The first-order valence-corrected chi connectivity index (χ1v) is 11.5. The Kier molecular flexibility index (Phi) is 8.72. The Balaban J connectivity index is 1.38. The molecule has 2 N–H and O–H groups in total. The van der Waals surface area contributed by atoms with Gasteiger partial charge in [0.05, 0.1) is 20.8 Å². The van der Waals surface area contributed by atoms with Crippen LogP contribution in [0.15, 0.2) is 36.4 Å². The zero-order valence-corrected chi connectivity index (χ0v) is 20.1. The minimum atomic E-state index is -0.0141. The SMILES string of the molecule is COc1ccc(CCNC(=O)C2CCN(CC(=O)Nc3ccc(C)cc3C)CC2)cc1OC.